The van der Waals surface area contributed by atoms with Crippen LogP contribution in [0.1, 0.15) is 49.4 Å². The molecule has 4 rings (SSSR count). The summed E-state index contributed by atoms with van der Waals surface area (Å²) in [6.07, 6.45) is -1.40. The molecule has 0 bridgehead atoms. The molecule has 2 aliphatic rings. The van der Waals surface area contributed by atoms with Crippen LogP contribution in [-0.2, 0) is 27.5 Å². The predicted octanol–water partition coefficient (Wildman–Crippen LogP) is 3.39. The van der Waals surface area contributed by atoms with Gasteiger partial charge in [0.1, 0.15) is 0 Å². The summed E-state index contributed by atoms with van der Waals surface area (Å²) in [4.78, 5) is 12.7. The first-order valence-corrected chi connectivity index (χ1v) is 12.6. The molecule has 2 fully saturated rings. The van der Waals surface area contributed by atoms with E-state index in [1.807, 2.05) is 0 Å². The van der Waals surface area contributed by atoms with Crippen molar-refractivity contribution in [2.45, 2.75) is 55.6 Å². The van der Waals surface area contributed by atoms with Crippen molar-refractivity contribution >= 4 is 15.9 Å². The summed E-state index contributed by atoms with van der Waals surface area (Å²) < 4.78 is 67.2. The summed E-state index contributed by atoms with van der Waals surface area (Å²) in [5.41, 5.74) is -0.258. The fraction of sp³-hybridized carbons (Fsp3) is 0.545. The quantitative estimate of drug-likeness (QED) is 0.583. The molecule has 2 heterocycles. The molecular weight excluding hydrogens is 457 g/mol. The number of alkyl halides is 3. The number of aryl methyl sites for hydroxylation is 1. The fourth-order valence-corrected chi connectivity index (χ4v) is 5.63. The summed E-state index contributed by atoms with van der Waals surface area (Å²) in [5.74, 6) is -0.290. The lowest BCUT2D eigenvalue weighted by Gasteiger charge is -2.30. The van der Waals surface area contributed by atoms with Crippen molar-refractivity contribution in [1.82, 2.24) is 19.4 Å². The summed E-state index contributed by atoms with van der Waals surface area (Å²) in [5, 5.41) is 6.56. The maximum atomic E-state index is 13.0. The van der Waals surface area contributed by atoms with E-state index in [4.69, 9.17) is 0 Å². The van der Waals surface area contributed by atoms with Gasteiger partial charge in [0.15, 0.2) is 5.69 Å². The van der Waals surface area contributed by atoms with Gasteiger partial charge in [-0.2, -0.15) is 22.6 Å². The number of nitrogens with one attached hydrogen (secondary N) is 1. The largest absolute Gasteiger partial charge is 0.435 e. The minimum absolute atomic E-state index is 0.139. The van der Waals surface area contributed by atoms with Gasteiger partial charge in [-0.1, -0.05) is 18.2 Å². The second-order valence-electron chi connectivity index (χ2n) is 8.59. The predicted molar refractivity (Wildman–Crippen MR) is 115 cm³/mol. The van der Waals surface area contributed by atoms with Gasteiger partial charge in [-0.15, -0.1) is 0 Å². The van der Waals surface area contributed by atoms with E-state index in [-0.39, 0.29) is 35.7 Å². The molecule has 1 N–H and O–H groups in total. The van der Waals surface area contributed by atoms with Crippen LogP contribution < -0.4 is 5.32 Å². The van der Waals surface area contributed by atoms with Crippen LogP contribution in [0.15, 0.2) is 41.3 Å². The Labute approximate surface area is 191 Å². The normalized spacial score (nSPS) is 18.4. The Morgan fingerprint density at radius 3 is 2.36 bits per heavy atom. The molecule has 11 heteroatoms. The molecule has 0 unspecified atom stereocenters. The third kappa shape index (κ3) is 5.57. The molecule has 1 aromatic heterocycles. The van der Waals surface area contributed by atoms with Gasteiger partial charge >= 0.3 is 6.18 Å². The molecule has 180 valence electrons. The number of nitrogens with zero attached hydrogens (tertiary/aromatic N) is 3. The van der Waals surface area contributed by atoms with E-state index < -0.39 is 21.9 Å². The minimum atomic E-state index is -4.47. The molecular formula is C22H27F3N4O3S. The lowest BCUT2D eigenvalue weighted by molar-refractivity contribution is -0.141. The van der Waals surface area contributed by atoms with Crippen LogP contribution in [0.3, 0.4) is 0 Å². The van der Waals surface area contributed by atoms with Crippen LogP contribution in [0, 0.1) is 5.92 Å². The first-order chi connectivity index (χ1) is 15.7. The van der Waals surface area contributed by atoms with Gasteiger partial charge in [-0.05, 0) is 50.3 Å². The molecule has 0 atom stereocenters. The van der Waals surface area contributed by atoms with E-state index in [1.165, 1.54) is 8.99 Å². The summed E-state index contributed by atoms with van der Waals surface area (Å²) >= 11 is 0. The minimum Gasteiger partial charge on any atom is -0.356 e. The third-order valence-corrected chi connectivity index (χ3v) is 8.06. The van der Waals surface area contributed by atoms with Crippen LogP contribution in [-0.4, -0.2) is 48.0 Å². The molecule has 0 radical (unpaired) electrons. The van der Waals surface area contributed by atoms with Crippen LogP contribution in [0.2, 0.25) is 0 Å². The Hall–Kier alpha value is -2.40. The number of aromatic nitrogens is 2. The Morgan fingerprint density at radius 2 is 1.76 bits per heavy atom. The molecule has 2 aromatic rings. The van der Waals surface area contributed by atoms with Gasteiger partial charge in [0.25, 0.3) is 0 Å². The molecule has 0 spiro atoms. The van der Waals surface area contributed by atoms with Crippen molar-refractivity contribution < 1.29 is 26.4 Å². The van der Waals surface area contributed by atoms with E-state index in [0.717, 1.165) is 18.9 Å². The highest BCUT2D eigenvalue weighted by molar-refractivity contribution is 7.89. The summed E-state index contributed by atoms with van der Waals surface area (Å²) in [7, 11) is -3.57. The van der Waals surface area contributed by atoms with E-state index >= 15 is 0 Å². The second kappa shape index (κ2) is 9.46. The zero-order valence-electron chi connectivity index (χ0n) is 18.1. The van der Waals surface area contributed by atoms with Gasteiger partial charge in [-0.3, -0.25) is 9.48 Å². The van der Waals surface area contributed by atoms with E-state index in [2.05, 4.69) is 10.4 Å². The lowest BCUT2D eigenvalue weighted by atomic mass is 9.97. The number of carbonyl (C=O) groups is 1. The Kier molecular flexibility index (Phi) is 6.81. The molecule has 1 aliphatic heterocycles. The smallest absolute Gasteiger partial charge is 0.356 e. The van der Waals surface area contributed by atoms with Crippen LogP contribution in [0.4, 0.5) is 13.2 Å². The maximum absolute atomic E-state index is 13.0. The van der Waals surface area contributed by atoms with Gasteiger partial charge in [0, 0.05) is 43.7 Å². The number of halogens is 3. The molecule has 1 amide bonds. The maximum Gasteiger partial charge on any atom is 0.435 e. The molecule has 1 aromatic carbocycles. The van der Waals surface area contributed by atoms with Crippen molar-refractivity contribution in [1.29, 1.82) is 0 Å². The lowest BCUT2D eigenvalue weighted by Crippen LogP contribution is -2.43. The summed E-state index contributed by atoms with van der Waals surface area (Å²) in [6.45, 7) is 1.17. The SMILES string of the molecule is O=C(NCCCn1nc(C(F)(F)F)cc1C1CC1)C1CCN(S(=O)(=O)c2ccccc2)CC1. The van der Waals surface area contributed by atoms with Gasteiger partial charge in [-0.25, -0.2) is 8.42 Å². The molecule has 33 heavy (non-hydrogen) atoms. The molecule has 1 saturated heterocycles. The van der Waals surface area contributed by atoms with E-state index in [9.17, 15) is 26.4 Å². The zero-order chi connectivity index (χ0) is 23.6. The number of piperidine rings is 1. The topological polar surface area (TPSA) is 84.3 Å². The highest BCUT2D eigenvalue weighted by Crippen LogP contribution is 2.42. The number of benzene rings is 1. The van der Waals surface area contributed by atoms with Crippen molar-refractivity contribution in [2.24, 2.45) is 5.92 Å². The van der Waals surface area contributed by atoms with Gasteiger partial charge in [0.2, 0.25) is 15.9 Å². The number of hydrogen-bond donors (Lipinski definition) is 1. The third-order valence-electron chi connectivity index (χ3n) is 6.15. The molecule has 1 saturated carbocycles. The molecule has 1 aliphatic carbocycles. The zero-order valence-corrected chi connectivity index (χ0v) is 18.9. The number of hydrogen-bond acceptors (Lipinski definition) is 4. The average molecular weight is 485 g/mol. The van der Waals surface area contributed by atoms with Gasteiger partial charge < -0.3 is 5.32 Å². The number of amides is 1. The molecule has 7 nitrogen and oxygen atoms in total. The van der Waals surface area contributed by atoms with E-state index in [0.29, 0.717) is 38.0 Å². The van der Waals surface area contributed by atoms with Crippen molar-refractivity contribution in [2.75, 3.05) is 19.6 Å². The number of sulfonamides is 1. The van der Waals surface area contributed by atoms with Crippen molar-refractivity contribution in [3.05, 3.63) is 47.8 Å². The standard InChI is InChI=1S/C22H27F3N4O3S/c23-22(24,25)20-15-19(16-7-8-16)29(27-20)12-4-11-26-21(30)17-9-13-28(14-10-17)33(31,32)18-5-2-1-3-6-18/h1-3,5-6,15-17H,4,7-14H2,(H,26,30). The summed E-state index contributed by atoms with van der Waals surface area (Å²) in [6, 6.07) is 9.35. The van der Waals surface area contributed by atoms with Crippen LogP contribution >= 0.6 is 0 Å². The van der Waals surface area contributed by atoms with Crippen LogP contribution in [0.5, 0.6) is 0 Å². The highest BCUT2D eigenvalue weighted by atomic mass is 32.2. The first-order valence-electron chi connectivity index (χ1n) is 11.1. The second-order valence-corrected chi connectivity index (χ2v) is 10.5. The first kappa shape index (κ1) is 23.7. The Morgan fingerprint density at radius 1 is 1.09 bits per heavy atom. The Bertz CT molecular complexity index is 1070. The Balaban J connectivity index is 1.24. The van der Waals surface area contributed by atoms with E-state index in [1.54, 1.807) is 30.3 Å². The van der Waals surface area contributed by atoms with Crippen molar-refractivity contribution in [3.63, 3.8) is 0 Å². The highest BCUT2D eigenvalue weighted by Gasteiger charge is 2.37. The van der Waals surface area contributed by atoms with Crippen LogP contribution in [0.25, 0.3) is 0 Å². The van der Waals surface area contributed by atoms with Gasteiger partial charge in [0.05, 0.1) is 4.90 Å². The fourth-order valence-electron chi connectivity index (χ4n) is 4.14. The number of carbonyl (C=O) groups excluding carboxylic acids is 1. The van der Waals surface area contributed by atoms with Crippen molar-refractivity contribution in [3.8, 4) is 0 Å². The average Bonchev–Trinajstić information content (AvgIpc) is 3.55. The monoisotopic (exact) mass is 484 g/mol. The number of rotatable bonds is 8.